The van der Waals surface area contributed by atoms with E-state index in [1.54, 1.807) is 31.6 Å². The van der Waals surface area contributed by atoms with Crippen molar-refractivity contribution in [2.24, 2.45) is 4.99 Å². The van der Waals surface area contributed by atoms with Gasteiger partial charge in [-0.1, -0.05) is 0 Å². The first-order valence-electron chi connectivity index (χ1n) is 6.67. The van der Waals surface area contributed by atoms with Crippen LogP contribution in [-0.2, 0) is 9.47 Å². The zero-order valence-electron chi connectivity index (χ0n) is 13.5. The number of methoxy groups -OCH3 is 3. The van der Waals surface area contributed by atoms with Crippen molar-refractivity contribution >= 4 is 28.6 Å². The summed E-state index contributed by atoms with van der Waals surface area (Å²) in [5.41, 5.74) is 0.655. The van der Waals surface area contributed by atoms with E-state index in [1.165, 1.54) is 26.0 Å². The topological polar surface area (TPSA) is 90.2 Å². The second-order valence-corrected chi connectivity index (χ2v) is 4.97. The maximum Gasteiger partial charge on any atom is 0.434 e. The molecule has 23 heavy (non-hydrogen) atoms. The molecule has 0 bridgehead atoms. The maximum absolute atomic E-state index is 11.3. The van der Waals surface area contributed by atoms with Crippen molar-refractivity contribution in [1.29, 1.82) is 5.41 Å². The zero-order valence-corrected chi connectivity index (χ0v) is 14.4. The molecule has 1 rings (SSSR count). The Hall–Kier alpha value is -2.06. The first-order chi connectivity index (χ1) is 11.1. The van der Waals surface area contributed by atoms with Crippen LogP contribution in [0.4, 0.5) is 4.79 Å². The molecular weight excluding hydrogens is 320 g/mol. The first kappa shape index (κ1) is 19.0. The van der Waals surface area contributed by atoms with E-state index in [4.69, 9.17) is 19.6 Å². The Labute approximate surface area is 139 Å². The molecule has 0 aliphatic carbocycles. The fraction of sp³-hybridized carbons (Fsp3) is 0.400. The molecule has 0 aromatic heterocycles. The Balaban J connectivity index is 3.01. The van der Waals surface area contributed by atoms with Gasteiger partial charge < -0.3 is 18.9 Å². The quantitative estimate of drug-likeness (QED) is 0.466. The molecule has 1 amide bonds. The van der Waals surface area contributed by atoms with E-state index in [1.807, 2.05) is 0 Å². The van der Waals surface area contributed by atoms with Crippen LogP contribution in [0.5, 0.6) is 11.5 Å². The lowest BCUT2D eigenvalue weighted by Crippen LogP contribution is -2.13. The number of ether oxygens (including phenoxy) is 4. The average Bonchev–Trinajstić information content (AvgIpc) is 2.59. The smallest absolute Gasteiger partial charge is 0.434 e. The normalized spacial score (nSPS) is 11.0. The van der Waals surface area contributed by atoms with Crippen LogP contribution < -0.4 is 9.47 Å². The molecule has 0 saturated carbocycles. The van der Waals surface area contributed by atoms with Crippen LogP contribution >= 0.6 is 11.8 Å². The van der Waals surface area contributed by atoms with Gasteiger partial charge in [0.15, 0.2) is 11.5 Å². The Morgan fingerprint density at radius 2 is 1.96 bits per heavy atom. The molecule has 0 spiro atoms. The van der Waals surface area contributed by atoms with Gasteiger partial charge in [-0.05, 0) is 24.5 Å². The minimum absolute atomic E-state index is 0.102. The number of nitrogens with one attached hydrogen (secondary N) is 1. The van der Waals surface area contributed by atoms with Crippen molar-refractivity contribution in [2.75, 3.05) is 40.8 Å². The van der Waals surface area contributed by atoms with Crippen molar-refractivity contribution in [3.05, 3.63) is 23.8 Å². The predicted molar refractivity (Wildman–Crippen MR) is 90.5 cm³/mol. The van der Waals surface area contributed by atoms with E-state index in [9.17, 15) is 4.79 Å². The molecule has 0 heterocycles. The molecule has 0 saturated heterocycles. The second kappa shape index (κ2) is 9.86. The van der Waals surface area contributed by atoms with E-state index < -0.39 is 6.09 Å². The Morgan fingerprint density at radius 1 is 1.22 bits per heavy atom. The number of thioether (sulfide) groups is 1. The molecule has 0 aliphatic rings. The third kappa shape index (κ3) is 5.57. The minimum Gasteiger partial charge on any atom is -0.493 e. The largest absolute Gasteiger partial charge is 0.493 e. The summed E-state index contributed by atoms with van der Waals surface area (Å²) in [6, 6.07) is 5.07. The molecule has 126 valence electrons. The van der Waals surface area contributed by atoms with Gasteiger partial charge in [0.05, 0.1) is 26.5 Å². The second-order valence-electron chi connectivity index (χ2n) is 4.17. The third-order valence-corrected chi connectivity index (χ3v) is 3.45. The van der Waals surface area contributed by atoms with Crippen molar-refractivity contribution in [2.45, 2.75) is 0 Å². The minimum atomic E-state index is -0.745. The summed E-state index contributed by atoms with van der Waals surface area (Å²) in [6.07, 6.45) is 0.987. The van der Waals surface area contributed by atoms with Crippen LogP contribution in [0.15, 0.2) is 23.2 Å². The molecule has 0 unspecified atom stereocenters. The molecule has 0 fully saturated rings. The van der Waals surface area contributed by atoms with Gasteiger partial charge in [0.25, 0.3) is 0 Å². The summed E-state index contributed by atoms with van der Waals surface area (Å²) in [7, 11) is 4.35. The van der Waals surface area contributed by atoms with Crippen molar-refractivity contribution < 1.29 is 23.7 Å². The van der Waals surface area contributed by atoms with Crippen LogP contribution in [-0.4, -0.2) is 57.6 Å². The number of hydrogen-bond donors (Lipinski definition) is 1. The fourth-order valence-electron chi connectivity index (χ4n) is 1.63. The SMILES string of the molecule is COCCOc1ccc(C(=N)/C(=N/C(=O)OC)SC)cc1OC. The average molecular weight is 340 g/mol. The molecule has 0 aliphatic heterocycles. The lowest BCUT2D eigenvalue weighted by molar-refractivity contribution is 0.144. The van der Waals surface area contributed by atoms with Crippen LogP contribution in [0.1, 0.15) is 5.56 Å². The number of nitrogens with zero attached hydrogens (tertiary/aromatic N) is 1. The summed E-state index contributed by atoms with van der Waals surface area (Å²) in [4.78, 5) is 15.0. The lowest BCUT2D eigenvalue weighted by atomic mass is 10.1. The van der Waals surface area contributed by atoms with Crippen molar-refractivity contribution in [1.82, 2.24) is 0 Å². The summed E-state index contributed by atoms with van der Waals surface area (Å²) in [5.74, 6) is 1.04. The van der Waals surface area contributed by atoms with Crippen LogP contribution in [0.3, 0.4) is 0 Å². The van der Waals surface area contributed by atoms with Gasteiger partial charge in [0, 0.05) is 12.7 Å². The molecule has 7 nitrogen and oxygen atoms in total. The fourth-order valence-corrected chi connectivity index (χ4v) is 2.12. The highest BCUT2D eigenvalue weighted by Crippen LogP contribution is 2.28. The van der Waals surface area contributed by atoms with Gasteiger partial charge in [-0.2, -0.15) is 4.99 Å². The van der Waals surface area contributed by atoms with Gasteiger partial charge >= 0.3 is 6.09 Å². The van der Waals surface area contributed by atoms with Gasteiger partial charge in [-0.25, -0.2) is 4.79 Å². The van der Waals surface area contributed by atoms with Crippen molar-refractivity contribution in [3.63, 3.8) is 0 Å². The van der Waals surface area contributed by atoms with Gasteiger partial charge in [0.2, 0.25) is 0 Å². The highest BCUT2D eigenvalue weighted by molar-refractivity contribution is 8.15. The van der Waals surface area contributed by atoms with Crippen molar-refractivity contribution in [3.8, 4) is 11.5 Å². The molecule has 0 radical (unpaired) electrons. The van der Waals surface area contributed by atoms with E-state index in [2.05, 4.69) is 9.73 Å². The zero-order chi connectivity index (χ0) is 17.2. The summed E-state index contributed by atoms with van der Waals surface area (Å²) >= 11 is 1.19. The Morgan fingerprint density at radius 3 is 2.52 bits per heavy atom. The molecule has 8 heteroatoms. The predicted octanol–water partition coefficient (Wildman–Crippen LogP) is 2.62. The monoisotopic (exact) mass is 340 g/mol. The third-order valence-electron chi connectivity index (χ3n) is 2.77. The maximum atomic E-state index is 11.3. The molecule has 1 aromatic rings. The highest BCUT2D eigenvalue weighted by Gasteiger charge is 2.14. The number of rotatable bonds is 7. The van der Waals surface area contributed by atoms with Crippen LogP contribution in [0.25, 0.3) is 0 Å². The van der Waals surface area contributed by atoms with Gasteiger partial charge in [-0.15, -0.1) is 11.8 Å². The summed E-state index contributed by atoms with van der Waals surface area (Å²) < 4.78 is 20.2. The van der Waals surface area contributed by atoms with E-state index in [-0.39, 0.29) is 10.8 Å². The van der Waals surface area contributed by atoms with E-state index in [0.717, 1.165) is 0 Å². The summed E-state index contributed by atoms with van der Waals surface area (Å²) in [5, 5.41) is 8.45. The van der Waals surface area contributed by atoms with E-state index >= 15 is 0 Å². The Bertz CT molecular complexity index is 589. The molecular formula is C15H20N2O5S. The van der Waals surface area contributed by atoms with Crippen LogP contribution in [0, 0.1) is 5.41 Å². The van der Waals surface area contributed by atoms with Gasteiger partial charge in [0.1, 0.15) is 11.7 Å². The first-order valence-corrected chi connectivity index (χ1v) is 7.89. The number of carbonyl (C=O) groups is 1. The number of benzene rings is 1. The van der Waals surface area contributed by atoms with Gasteiger partial charge in [-0.3, -0.25) is 5.41 Å². The number of hydrogen-bond acceptors (Lipinski definition) is 7. The molecule has 1 aromatic carbocycles. The summed E-state index contributed by atoms with van der Waals surface area (Å²) in [6.45, 7) is 0.854. The standard InChI is InChI=1S/C15H20N2O5S/c1-19-7-8-22-11-6-5-10(9-12(11)20-2)13(16)14(23-4)17-15(18)21-3/h5-6,9,16H,7-8H2,1-4H3/b16-13?,17-14-. The molecule has 1 N–H and O–H groups in total. The van der Waals surface area contributed by atoms with E-state index in [0.29, 0.717) is 30.3 Å². The number of aliphatic imine (C=N–C) groups is 1. The molecule has 0 atom stereocenters. The lowest BCUT2D eigenvalue weighted by Gasteiger charge is -2.12. The van der Waals surface area contributed by atoms with Crippen LogP contribution in [0.2, 0.25) is 0 Å². The number of carbonyl (C=O) groups excluding carboxylic acids is 1. The number of amides is 1. The Kier molecular flexibility index (Phi) is 8.14. The highest BCUT2D eigenvalue weighted by atomic mass is 32.2.